The molecule has 0 radical (unpaired) electrons. The molecule has 1 aromatic carbocycles. The van der Waals surface area contributed by atoms with Crippen LogP contribution in [-0.4, -0.2) is 64.6 Å². The molecule has 160 valence electrons. The summed E-state index contributed by atoms with van der Waals surface area (Å²) in [4.78, 5) is 29.1. The van der Waals surface area contributed by atoms with Crippen molar-refractivity contribution in [3.63, 3.8) is 0 Å². The Hall–Kier alpha value is -2.87. The molecule has 0 spiro atoms. The van der Waals surface area contributed by atoms with Crippen molar-refractivity contribution in [1.82, 2.24) is 14.7 Å². The number of rotatable bonds is 5. The number of likely N-dealkylation sites (tertiary alicyclic amines) is 1. The molecule has 2 aromatic rings. The highest BCUT2D eigenvalue weighted by molar-refractivity contribution is 5.78. The molecule has 30 heavy (non-hydrogen) atoms. The number of aryl methyl sites for hydroxylation is 1. The van der Waals surface area contributed by atoms with Crippen molar-refractivity contribution < 1.29 is 14.6 Å². The number of hydrogen-bond donors (Lipinski definition) is 1. The van der Waals surface area contributed by atoms with Crippen molar-refractivity contribution in [2.75, 3.05) is 37.7 Å². The average molecular weight is 412 g/mol. The van der Waals surface area contributed by atoms with Gasteiger partial charge in [0.05, 0.1) is 24.0 Å². The van der Waals surface area contributed by atoms with Gasteiger partial charge in [0.1, 0.15) is 5.75 Å². The van der Waals surface area contributed by atoms with Crippen LogP contribution >= 0.6 is 0 Å². The highest BCUT2D eigenvalue weighted by Crippen LogP contribution is 2.22. The molecule has 0 saturated carbocycles. The molecule has 2 atom stereocenters. The molecule has 8 nitrogen and oxygen atoms in total. The second kappa shape index (κ2) is 8.87. The van der Waals surface area contributed by atoms with E-state index in [2.05, 4.69) is 5.10 Å². The Morgan fingerprint density at radius 1 is 1.23 bits per heavy atom. The van der Waals surface area contributed by atoms with Gasteiger partial charge < -0.3 is 19.6 Å². The SMILES string of the molecule is Cc1ccccc1OCC(=O)N1CCC[C@@H](n2ncc(N3CC[C@H](O)C3)cc2=O)C1. The van der Waals surface area contributed by atoms with Gasteiger partial charge in [-0.3, -0.25) is 9.59 Å². The zero-order valence-corrected chi connectivity index (χ0v) is 17.2. The molecular weight excluding hydrogens is 384 g/mol. The number of aliphatic hydroxyl groups excluding tert-OH is 1. The first-order chi connectivity index (χ1) is 14.5. The fraction of sp³-hybridized carbons (Fsp3) is 0.500. The molecule has 0 bridgehead atoms. The minimum absolute atomic E-state index is 0.0177. The molecule has 2 saturated heterocycles. The lowest BCUT2D eigenvalue weighted by Crippen LogP contribution is -2.45. The highest BCUT2D eigenvalue weighted by atomic mass is 16.5. The molecular formula is C22H28N4O4. The van der Waals surface area contributed by atoms with E-state index in [4.69, 9.17) is 4.74 Å². The first-order valence-corrected chi connectivity index (χ1v) is 10.5. The summed E-state index contributed by atoms with van der Waals surface area (Å²) in [6.07, 6.45) is 3.65. The van der Waals surface area contributed by atoms with E-state index in [1.54, 1.807) is 17.2 Å². The Bertz CT molecular complexity index is 960. The van der Waals surface area contributed by atoms with Crippen molar-refractivity contribution in [1.29, 1.82) is 0 Å². The summed E-state index contributed by atoms with van der Waals surface area (Å²) in [5, 5.41) is 14.1. The molecule has 1 aromatic heterocycles. The largest absolute Gasteiger partial charge is 0.484 e. The van der Waals surface area contributed by atoms with E-state index < -0.39 is 0 Å². The summed E-state index contributed by atoms with van der Waals surface area (Å²) in [5.41, 5.74) is 1.55. The number of nitrogens with zero attached hydrogens (tertiary/aromatic N) is 4. The van der Waals surface area contributed by atoms with E-state index in [0.717, 1.165) is 30.6 Å². The van der Waals surface area contributed by atoms with E-state index in [-0.39, 0.29) is 30.2 Å². The molecule has 0 unspecified atom stereocenters. The molecule has 2 fully saturated rings. The number of piperidine rings is 1. The number of β-amino-alcohol motifs (C(OH)–C–C–N with tert-alkyl or cyclic N) is 1. The third kappa shape index (κ3) is 4.48. The molecule has 8 heteroatoms. The van der Waals surface area contributed by atoms with E-state index in [0.29, 0.717) is 31.8 Å². The number of aliphatic hydroxyl groups is 1. The Morgan fingerprint density at radius 2 is 2.07 bits per heavy atom. The fourth-order valence-electron chi connectivity index (χ4n) is 4.16. The summed E-state index contributed by atoms with van der Waals surface area (Å²) >= 11 is 0. The lowest BCUT2D eigenvalue weighted by molar-refractivity contribution is -0.135. The lowest BCUT2D eigenvalue weighted by atomic mass is 10.1. The van der Waals surface area contributed by atoms with E-state index >= 15 is 0 Å². The van der Waals surface area contributed by atoms with Crippen LogP contribution in [0.4, 0.5) is 5.69 Å². The van der Waals surface area contributed by atoms with Crippen molar-refractivity contribution in [3.8, 4) is 5.75 Å². The van der Waals surface area contributed by atoms with Gasteiger partial charge in [0.15, 0.2) is 6.61 Å². The van der Waals surface area contributed by atoms with E-state index in [9.17, 15) is 14.7 Å². The number of carbonyl (C=O) groups is 1. The van der Waals surface area contributed by atoms with Gasteiger partial charge in [0.2, 0.25) is 0 Å². The molecule has 2 aliphatic rings. The molecule has 4 rings (SSSR count). The van der Waals surface area contributed by atoms with Crippen LogP contribution in [0.15, 0.2) is 41.3 Å². The Balaban J connectivity index is 1.39. The third-order valence-corrected chi connectivity index (χ3v) is 5.88. The quantitative estimate of drug-likeness (QED) is 0.798. The number of anilines is 1. The van der Waals surface area contributed by atoms with Crippen molar-refractivity contribution >= 4 is 11.6 Å². The Labute approximate surface area is 175 Å². The van der Waals surface area contributed by atoms with Crippen LogP contribution in [-0.2, 0) is 4.79 Å². The predicted molar refractivity (Wildman–Crippen MR) is 113 cm³/mol. The summed E-state index contributed by atoms with van der Waals surface area (Å²) in [6.45, 7) is 4.28. The number of para-hydroxylation sites is 1. The molecule has 1 N–H and O–H groups in total. The number of carbonyl (C=O) groups excluding carboxylic acids is 1. The second-order valence-corrected chi connectivity index (χ2v) is 8.08. The van der Waals surface area contributed by atoms with Gasteiger partial charge in [-0.1, -0.05) is 18.2 Å². The number of hydrogen-bond acceptors (Lipinski definition) is 6. The zero-order valence-electron chi connectivity index (χ0n) is 17.2. The molecule has 1 amide bonds. The van der Waals surface area contributed by atoms with Gasteiger partial charge in [-0.15, -0.1) is 0 Å². The third-order valence-electron chi connectivity index (χ3n) is 5.88. The maximum atomic E-state index is 12.7. The van der Waals surface area contributed by atoms with Crippen LogP contribution in [0.2, 0.25) is 0 Å². The smallest absolute Gasteiger partial charge is 0.269 e. The first-order valence-electron chi connectivity index (χ1n) is 10.5. The topological polar surface area (TPSA) is 87.9 Å². The lowest BCUT2D eigenvalue weighted by Gasteiger charge is -2.33. The first kappa shape index (κ1) is 20.4. The summed E-state index contributed by atoms with van der Waals surface area (Å²) in [6, 6.07) is 9.04. The number of aromatic nitrogens is 2. The van der Waals surface area contributed by atoms with E-state index in [1.165, 1.54) is 4.68 Å². The molecule has 3 heterocycles. The Morgan fingerprint density at radius 3 is 2.80 bits per heavy atom. The van der Waals surface area contributed by atoms with Crippen LogP contribution in [0, 0.1) is 6.92 Å². The van der Waals surface area contributed by atoms with Crippen LogP contribution < -0.4 is 15.2 Å². The number of amides is 1. The highest BCUT2D eigenvalue weighted by Gasteiger charge is 2.27. The normalized spacial score (nSPS) is 21.7. The standard InChI is InChI=1S/C22H28N4O4/c1-16-5-2-3-7-20(16)30-15-22(29)25-9-4-6-17(13-25)26-21(28)11-18(12-23-26)24-10-8-19(27)14-24/h2-3,5,7,11-12,17,19,27H,4,6,8-10,13-15H2,1H3/t17-,19+/m1/s1. The maximum absolute atomic E-state index is 12.7. The second-order valence-electron chi connectivity index (χ2n) is 8.08. The van der Waals surface area contributed by atoms with Crippen molar-refractivity contribution in [2.24, 2.45) is 0 Å². The minimum Gasteiger partial charge on any atom is -0.484 e. The summed E-state index contributed by atoms with van der Waals surface area (Å²) in [7, 11) is 0. The van der Waals surface area contributed by atoms with Gasteiger partial charge in [-0.05, 0) is 37.8 Å². The van der Waals surface area contributed by atoms with Gasteiger partial charge in [0, 0.05) is 32.2 Å². The van der Waals surface area contributed by atoms with Gasteiger partial charge in [-0.25, -0.2) is 4.68 Å². The van der Waals surface area contributed by atoms with Crippen LogP contribution in [0.1, 0.15) is 30.9 Å². The number of benzene rings is 1. The zero-order chi connectivity index (χ0) is 21.1. The van der Waals surface area contributed by atoms with Gasteiger partial charge >= 0.3 is 0 Å². The molecule has 2 aliphatic heterocycles. The van der Waals surface area contributed by atoms with Crippen molar-refractivity contribution in [3.05, 3.63) is 52.4 Å². The average Bonchev–Trinajstić information content (AvgIpc) is 3.19. The van der Waals surface area contributed by atoms with Crippen LogP contribution in [0.25, 0.3) is 0 Å². The van der Waals surface area contributed by atoms with Crippen LogP contribution in [0.5, 0.6) is 5.75 Å². The predicted octanol–water partition coefficient (Wildman–Crippen LogP) is 1.37. The summed E-state index contributed by atoms with van der Waals surface area (Å²) in [5.74, 6) is 0.624. The Kier molecular flexibility index (Phi) is 6.03. The maximum Gasteiger partial charge on any atom is 0.269 e. The monoisotopic (exact) mass is 412 g/mol. The summed E-state index contributed by atoms with van der Waals surface area (Å²) < 4.78 is 7.18. The van der Waals surface area contributed by atoms with E-state index in [1.807, 2.05) is 36.1 Å². The van der Waals surface area contributed by atoms with Crippen molar-refractivity contribution in [2.45, 2.75) is 38.3 Å². The van der Waals surface area contributed by atoms with Gasteiger partial charge in [-0.2, -0.15) is 5.10 Å². The minimum atomic E-state index is -0.354. The fourth-order valence-corrected chi connectivity index (χ4v) is 4.16. The molecule has 0 aliphatic carbocycles. The number of ether oxygens (including phenoxy) is 1. The van der Waals surface area contributed by atoms with Crippen LogP contribution in [0.3, 0.4) is 0 Å². The van der Waals surface area contributed by atoms with Gasteiger partial charge in [0.25, 0.3) is 11.5 Å².